The summed E-state index contributed by atoms with van der Waals surface area (Å²) in [6.07, 6.45) is 5.92. The van der Waals surface area contributed by atoms with Crippen LogP contribution in [0.1, 0.15) is 35.7 Å². The minimum atomic E-state index is 0.483. The smallest absolute Gasteiger partial charge is 0.193 e. The Labute approximate surface area is 121 Å². The van der Waals surface area contributed by atoms with E-state index in [0.29, 0.717) is 16.2 Å². The monoisotopic (exact) mass is 292 g/mol. The zero-order valence-electron chi connectivity index (χ0n) is 10.7. The van der Waals surface area contributed by atoms with E-state index in [0.717, 1.165) is 34.8 Å². The Bertz CT molecular complexity index is 611. The van der Waals surface area contributed by atoms with Gasteiger partial charge in [-0.1, -0.05) is 11.6 Å². The fraction of sp³-hybridized carbons (Fsp3) is 0.385. The topological polar surface area (TPSA) is 51.6 Å². The van der Waals surface area contributed by atoms with Crippen LogP contribution >= 0.6 is 23.4 Å². The predicted molar refractivity (Wildman–Crippen MR) is 74.6 cm³/mol. The third kappa shape index (κ3) is 2.87. The van der Waals surface area contributed by atoms with E-state index >= 15 is 0 Å². The summed E-state index contributed by atoms with van der Waals surface area (Å²) in [5.74, 6) is 1.33. The first kappa shape index (κ1) is 12.8. The summed E-state index contributed by atoms with van der Waals surface area (Å²) < 4.78 is 0. The van der Waals surface area contributed by atoms with Gasteiger partial charge in [-0.25, -0.2) is 19.9 Å². The minimum Gasteiger partial charge on any atom is -0.231 e. The summed E-state index contributed by atoms with van der Waals surface area (Å²) in [6.45, 7) is 3.89. The SMILES string of the molecule is Cc1cnc(Sc2nc(C3CC3)nc(Cl)c2C)nc1. The van der Waals surface area contributed by atoms with Crippen LogP contribution in [0.3, 0.4) is 0 Å². The number of hydrogen-bond donors (Lipinski definition) is 0. The number of halogens is 1. The number of aromatic nitrogens is 4. The van der Waals surface area contributed by atoms with Crippen molar-refractivity contribution in [3.63, 3.8) is 0 Å². The normalized spacial score (nSPS) is 14.7. The largest absolute Gasteiger partial charge is 0.231 e. The van der Waals surface area contributed by atoms with Crippen LogP contribution in [0.5, 0.6) is 0 Å². The van der Waals surface area contributed by atoms with Crippen molar-refractivity contribution >= 4 is 23.4 Å². The molecule has 2 heterocycles. The number of hydrogen-bond acceptors (Lipinski definition) is 5. The van der Waals surface area contributed by atoms with Crippen molar-refractivity contribution < 1.29 is 0 Å². The van der Waals surface area contributed by atoms with Crippen LogP contribution in [0.2, 0.25) is 5.15 Å². The second-order valence-corrected chi connectivity index (χ2v) is 6.04. The molecule has 98 valence electrons. The average Bonchev–Trinajstić information content (AvgIpc) is 3.21. The van der Waals surface area contributed by atoms with Crippen molar-refractivity contribution in [3.8, 4) is 0 Å². The molecule has 0 atom stereocenters. The first-order valence-electron chi connectivity index (χ1n) is 6.14. The molecular weight excluding hydrogens is 280 g/mol. The van der Waals surface area contributed by atoms with Crippen molar-refractivity contribution in [1.29, 1.82) is 0 Å². The second kappa shape index (κ2) is 5.06. The maximum Gasteiger partial charge on any atom is 0.193 e. The molecule has 6 heteroatoms. The third-order valence-corrected chi connectivity index (χ3v) is 4.30. The van der Waals surface area contributed by atoms with Gasteiger partial charge < -0.3 is 0 Å². The van der Waals surface area contributed by atoms with E-state index in [1.165, 1.54) is 11.8 Å². The molecule has 2 aromatic rings. The summed E-state index contributed by atoms with van der Waals surface area (Å²) in [5.41, 5.74) is 1.93. The molecule has 0 bridgehead atoms. The van der Waals surface area contributed by atoms with E-state index in [9.17, 15) is 0 Å². The van der Waals surface area contributed by atoms with E-state index in [1.807, 2.05) is 13.8 Å². The first-order valence-corrected chi connectivity index (χ1v) is 7.33. The van der Waals surface area contributed by atoms with Crippen LogP contribution in [-0.2, 0) is 0 Å². The molecule has 0 amide bonds. The molecule has 19 heavy (non-hydrogen) atoms. The third-order valence-electron chi connectivity index (χ3n) is 2.95. The van der Waals surface area contributed by atoms with Crippen LogP contribution in [0.25, 0.3) is 0 Å². The minimum absolute atomic E-state index is 0.483. The Kier molecular flexibility index (Phi) is 3.41. The van der Waals surface area contributed by atoms with Gasteiger partial charge in [-0.15, -0.1) is 0 Å². The molecule has 0 unspecified atom stereocenters. The molecule has 0 N–H and O–H groups in total. The highest BCUT2D eigenvalue weighted by Crippen LogP contribution is 2.40. The van der Waals surface area contributed by atoms with E-state index in [1.54, 1.807) is 12.4 Å². The van der Waals surface area contributed by atoms with Gasteiger partial charge in [-0.2, -0.15) is 0 Å². The molecule has 0 aliphatic heterocycles. The zero-order valence-corrected chi connectivity index (χ0v) is 12.3. The van der Waals surface area contributed by atoms with E-state index in [-0.39, 0.29) is 0 Å². The molecule has 0 saturated heterocycles. The van der Waals surface area contributed by atoms with Crippen LogP contribution in [0.15, 0.2) is 22.6 Å². The molecule has 0 aromatic carbocycles. The Morgan fingerprint density at radius 2 is 1.84 bits per heavy atom. The molecule has 0 spiro atoms. The van der Waals surface area contributed by atoms with Gasteiger partial charge in [-0.3, -0.25) is 0 Å². The summed E-state index contributed by atoms with van der Waals surface area (Å²) in [7, 11) is 0. The highest BCUT2D eigenvalue weighted by Gasteiger charge is 2.28. The molecule has 1 aliphatic rings. The van der Waals surface area contributed by atoms with E-state index in [4.69, 9.17) is 11.6 Å². The standard InChI is InChI=1S/C13H13ClN4S/c1-7-5-15-13(16-6-7)19-12-8(2)10(14)17-11(18-12)9-3-4-9/h5-6,9H,3-4H2,1-2H3. The van der Waals surface area contributed by atoms with Gasteiger partial charge in [-0.05, 0) is 44.0 Å². The summed E-state index contributed by atoms with van der Waals surface area (Å²) in [5, 5.41) is 2.07. The lowest BCUT2D eigenvalue weighted by Crippen LogP contribution is -1.99. The van der Waals surface area contributed by atoms with Gasteiger partial charge in [0.25, 0.3) is 0 Å². The van der Waals surface area contributed by atoms with E-state index in [2.05, 4.69) is 19.9 Å². The zero-order chi connectivity index (χ0) is 13.4. The number of rotatable bonds is 3. The summed E-state index contributed by atoms with van der Waals surface area (Å²) in [6, 6.07) is 0. The van der Waals surface area contributed by atoms with Crippen LogP contribution in [0.4, 0.5) is 0 Å². The van der Waals surface area contributed by atoms with Gasteiger partial charge in [0.15, 0.2) is 5.16 Å². The van der Waals surface area contributed by atoms with Crippen molar-refractivity contribution in [2.24, 2.45) is 0 Å². The van der Waals surface area contributed by atoms with Gasteiger partial charge in [0.05, 0.1) is 0 Å². The Morgan fingerprint density at radius 1 is 1.16 bits per heavy atom. The number of nitrogens with zero attached hydrogens (tertiary/aromatic N) is 4. The number of aryl methyl sites for hydroxylation is 1. The molecule has 0 radical (unpaired) electrons. The summed E-state index contributed by atoms with van der Waals surface area (Å²) >= 11 is 7.62. The van der Waals surface area contributed by atoms with Crippen molar-refractivity contribution in [1.82, 2.24) is 19.9 Å². The van der Waals surface area contributed by atoms with Gasteiger partial charge in [0.1, 0.15) is 16.0 Å². The lowest BCUT2D eigenvalue weighted by atomic mass is 10.3. The molecular formula is C13H13ClN4S. The van der Waals surface area contributed by atoms with Crippen molar-refractivity contribution in [3.05, 3.63) is 34.5 Å². The van der Waals surface area contributed by atoms with Crippen molar-refractivity contribution in [2.75, 3.05) is 0 Å². The molecule has 3 rings (SSSR count). The van der Waals surface area contributed by atoms with Gasteiger partial charge >= 0.3 is 0 Å². The first-order chi connectivity index (χ1) is 9.13. The molecule has 2 aromatic heterocycles. The van der Waals surface area contributed by atoms with Crippen LogP contribution in [0, 0.1) is 13.8 Å². The Balaban J connectivity index is 1.92. The fourth-order valence-corrected chi connectivity index (χ4v) is 2.63. The molecule has 1 aliphatic carbocycles. The lowest BCUT2D eigenvalue weighted by molar-refractivity contribution is 0.856. The Morgan fingerprint density at radius 3 is 2.47 bits per heavy atom. The second-order valence-electron chi connectivity index (χ2n) is 4.72. The van der Waals surface area contributed by atoms with Gasteiger partial charge in [0, 0.05) is 23.9 Å². The molecule has 1 saturated carbocycles. The Hall–Kier alpha value is -1.20. The highest BCUT2D eigenvalue weighted by atomic mass is 35.5. The molecule has 4 nitrogen and oxygen atoms in total. The fourth-order valence-electron chi connectivity index (χ4n) is 1.63. The maximum absolute atomic E-state index is 6.18. The molecule has 1 fully saturated rings. The average molecular weight is 293 g/mol. The maximum atomic E-state index is 6.18. The van der Waals surface area contributed by atoms with Crippen LogP contribution < -0.4 is 0 Å². The quantitative estimate of drug-likeness (QED) is 0.639. The van der Waals surface area contributed by atoms with Crippen LogP contribution in [-0.4, -0.2) is 19.9 Å². The van der Waals surface area contributed by atoms with E-state index < -0.39 is 0 Å². The van der Waals surface area contributed by atoms with Crippen molar-refractivity contribution in [2.45, 2.75) is 42.8 Å². The predicted octanol–water partition coefficient (Wildman–Crippen LogP) is 3.57. The van der Waals surface area contributed by atoms with Gasteiger partial charge in [0.2, 0.25) is 0 Å². The lowest BCUT2D eigenvalue weighted by Gasteiger charge is -2.07. The highest BCUT2D eigenvalue weighted by molar-refractivity contribution is 7.99. The summed E-state index contributed by atoms with van der Waals surface area (Å²) in [4.78, 5) is 17.5.